The summed E-state index contributed by atoms with van der Waals surface area (Å²) < 4.78 is 0. The molecule has 2 aliphatic carbocycles. The fourth-order valence-electron chi connectivity index (χ4n) is 2.10. The van der Waals surface area contributed by atoms with Gasteiger partial charge in [-0.05, 0) is 32.1 Å². The third-order valence-electron chi connectivity index (χ3n) is 3.31. The van der Waals surface area contributed by atoms with Gasteiger partial charge in [0.2, 0.25) is 0 Å². The van der Waals surface area contributed by atoms with Crippen LogP contribution in [-0.2, 0) is 4.79 Å². The van der Waals surface area contributed by atoms with E-state index in [0.717, 1.165) is 19.3 Å². The largest absolute Gasteiger partial charge is 0.480 e. The minimum absolute atomic E-state index is 0.117. The van der Waals surface area contributed by atoms with Crippen LogP contribution in [0.25, 0.3) is 0 Å². The molecule has 5 nitrogen and oxygen atoms in total. The number of carboxylic acids is 1. The zero-order chi connectivity index (χ0) is 11.6. The Hall–Kier alpha value is -1.52. The molecule has 0 atom stereocenters. The van der Waals surface area contributed by atoms with Crippen LogP contribution in [0.2, 0.25) is 0 Å². The van der Waals surface area contributed by atoms with Crippen LogP contribution in [0.3, 0.4) is 0 Å². The number of carboxylic acid groups (broad SMARTS) is 1. The van der Waals surface area contributed by atoms with Gasteiger partial charge in [-0.15, -0.1) is 0 Å². The van der Waals surface area contributed by atoms with Crippen molar-refractivity contribution < 1.29 is 14.7 Å². The Morgan fingerprint density at radius 3 is 2.31 bits per heavy atom. The van der Waals surface area contributed by atoms with Gasteiger partial charge in [0.05, 0.1) is 0 Å². The Labute approximate surface area is 93.9 Å². The molecular formula is C11H16N2O3. The van der Waals surface area contributed by atoms with Crippen LogP contribution < -0.4 is 10.6 Å². The molecule has 88 valence electrons. The van der Waals surface area contributed by atoms with Gasteiger partial charge < -0.3 is 15.7 Å². The van der Waals surface area contributed by atoms with E-state index in [0.29, 0.717) is 12.8 Å². The molecule has 2 amide bonds. The highest BCUT2D eigenvalue weighted by molar-refractivity contribution is 5.87. The van der Waals surface area contributed by atoms with E-state index in [1.807, 2.05) is 12.2 Å². The average Bonchev–Trinajstić information content (AvgIpc) is 2.63. The van der Waals surface area contributed by atoms with Gasteiger partial charge in [0.25, 0.3) is 0 Å². The monoisotopic (exact) mass is 224 g/mol. The first-order valence-corrected chi connectivity index (χ1v) is 5.59. The van der Waals surface area contributed by atoms with Crippen molar-refractivity contribution in [3.8, 4) is 0 Å². The maximum absolute atomic E-state index is 11.6. The predicted molar refractivity (Wildman–Crippen MR) is 58.0 cm³/mol. The van der Waals surface area contributed by atoms with Crippen molar-refractivity contribution >= 4 is 12.0 Å². The van der Waals surface area contributed by atoms with E-state index < -0.39 is 11.5 Å². The molecule has 5 heteroatoms. The molecule has 0 aromatic rings. The van der Waals surface area contributed by atoms with Crippen molar-refractivity contribution in [3.63, 3.8) is 0 Å². The normalized spacial score (nSPS) is 22.5. The first kappa shape index (κ1) is 11.0. The molecule has 0 aromatic heterocycles. The topological polar surface area (TPSA) is 78.4 Å². The van der Waals surface area contributed by atoms with Gasteiger partial charge in [-0.2, -0.15) is 0 Å². The number of urea groups is 1. The highest BCUT2D eigenvalue weighted by Gasteiger charge is 2.45. The lowest BCUT2D eigenvalue weighted by atomic mass is 9.77. The standard InChI is InChI=1S/C11H16N2O3/c14-9(15)11(6-3-7-11)13-10(16)12-8-4-1-2-5-8/h1-2,8H,3-7H2,(H,14,15)(H2,12,13,16). The molecule has 0 heterocycles. The van der Waals surface area contributed by atoms with Crippen LogP contribution in [-0.4, -0.2) is 28.7 Å². The van der Waals surface area contributed by atoms with E-state index in [2.05, 4.69) is 10.6 Å². The Morgan fingerprint density at radius 1 is 1.25 bits per heavy atom. The number of hydrogen-bond donors (Lipinski definition) is 3. The number of hydrogen-bond acceptors (Lipinski definition) is 2. The smallest absolute Gasteiger partial charge is 0.329 e. The van der Waals surface area contributed by atoms with Crippen LogP contribution in [0.4, 0.5) is 4.79 Å². The number of nitrogens with one attached hydrogen (secondary N) is 2. The summed E-state index contributed by atoms with van der Waals surface area (Å²) in [6.45, 7) is 0. The molecule has 0 unspecified atom stereocenters. The van der Waals surface area contributed by atoms with E-state index in [9.17, 15) is 9.59 Å². The summed E-state index contributed by atoms with van der Waals surface area (Å²) in [7, 11) is 0. The fraction of sp³-hybridized carbons (Fsp3) is 0.636. The second-order valence-corrected chi connectivity index (χ2v) is 4.48. The van der Waals surface area contributed by atoms with Crippen molar-refractivity contribution in [2.24, 2.45) is 0 Å². The molecule has 2 rings (SSSR count). The summed E-state index contributed by atoms with van der Waals surface area (Å²) in [5, 5.41) is 14.4. The number of aliphatic carboxylic acids is 1. The summed E-state index contributed by atoms with van der Waals surface area (Å²) >= 11 is 0. The minimum Gasteiger partial charge on any atom is -0.480 e. The molecule has 3 N–H and O–H groups in total. The third kappa shape index (κ3) is 2.03. The van der Waals surface area contributed by atoms with Gasteiger partial charge in [0.15, 0.2) is 0 Å². The van der Waals surface area contributed by atoms with Crippen molar-refractivity contribution in [1.82, 2.24) is 10.6 Å². The van der Waals surface area contributed by atoms with E-state index in [1.54, 1.807) is 0 Å². The van der Waals surface area contributed by atoms with E-state index >= 15 is 0 Å². The number of amides is 2. The Morgan fingerprint density at radius 2 is 1.88 bits per heavy atom. The lowest BCUT2D eigenvalue weighted by Gasteiger charge is -2.38. The van der Waals surface area contributed by atoms with Crippen molar-refractivity contribution in [3.05, 3.63) is 12.2 Å². The SMILES string of the molecule is O=C(NC1CC=CC1)NC1(C(=O)O)CCC1. The van der Waals surface area contributed by atoms with Crippen molar-refractivity contribution in [1.29, 1.82) is 0 Å². The molecule has 2 aliphatic rings. The predicted octanol–water partition coefficient (Wildman–Crippen LogP) is 1.01. The van der Waals surface area contributed by atoms with Crippen molar-refractivity contribution in [2.45, 2.75) is 43.7 Å². The molecular weight excluding hydrogens is 208 g/mol. The second-order valence-electron chi connectivity index (χ2n) is 4.48. The maximum Gasteiger partial charge on any atom is 0.329 e. The summed E-state index contributed by atoms with van der Waals surface area (Å²) in [6.07, 6.45) is 7.60. The number of carbonyl (C=O) groups is 2. The van der Waals surface area contributed by atoms with E-state index in [4.69, 9.17) is 5.11 Å². The fourth-order valence-corrected chi connectivity index (χ4v) is 2.10. The minimum atomic E-state index is -1.02. The molecule has 0 radical (unpaired) electrons. The highest BCUT2D eigenvalue weighted by atomic mass is 16.4. The lowest BCUT2D eigenvalue weighted by molar-refractivity contribution is -0.148. The van der Waals surface area contributed by atoms with Crippen LogP contribution in [0.1, 0.15) is 32.1 Å². The summed E-state index contributed by atoms with van der Waals surface area (Å²) in [5.74, 6) is -0.932. The summed E-state index contributed by atoms with van der Waals surface area (Å²) in [6, 6.07) is -0.248. The number of rotatable bonds is 3. The summed E-state index contributed by atoms with van der Waals surface area (Å²) in [4.78, 5) is 22.6. The molecule has 0 aromatic carbocycles. The first-order chi connectivity index (χ1) is 7.62. The van der Waals surface area contributed by atoms with Gasteiger partial charge in [0.1, 0.15) is 5.54 Å². The van der Waals surface area contributed by atoms with Gasteiger partial charge >= 0.3 is 12.0 Å². The molecule has 0 spiro atoms. The van der Waals surface area contributed by atoms with Gasteiger partial charge in [-0.1, -0.05) is 12.2 Å². The van der Waals surface area contributed by atoms with Crippen LogP contribution in [0, 0.1) is 0 Å². The van der Waals surface area contributed by atoms with E-state index in [1.165, 1.54) is 0 Å². The van der Waals surface area contributed by atoms with Gasteiger partial charge in [-0.3, -0.25) is 0 Å². The second kappa shape index (κ2) is 4.15. The Bertz CT molecular complexity index is 326. The summed E-state index contributed by atoms with van der Waals surface area (Å²) in [5.41, 5.74) is -1.02. The molecule has 16 heavy (non-hydrogen) atoms. The van der Waals surface area contributed by atoms with Crippen molar-refractivity contribution in [2.75, 3.05) is 0 Å². The molecule has 0 aliphatic heterocycles. The maximum atomic E-state index is 11.6. The zero-order valence-electron chi connectivity index (χ0n) is 9.03. The highest BCUT2D eigenvalue weighted by Crippen LogP contribution is 2.31. The number of carbonyl (C=O) groups excluding carboxylic acids is 1. The third-order valence-corrected chi connectivity index (χ3v) is 3.31. The van der Waals surface area contributed by atoms with Crippen LogP contribution in [0.15, 0.2) is 12.2 Å². The molecule has 0 saturated heterocycles. The molecule has 0 bridgehead atoms. The van der Waals surface area contributed by atoms with Gasteiger partial charge in [-0.25, -0.2) is 9.59 Å². The van der Waals surface area contributed by atoms with E-state index in [-0.39, 0.29) is 12.1 Å². The molecule has 1 saturated carbocycles. The average molecular weight is 224 g/mol. The molecule has 1 fully saturated rings. The Kier molecular flexibility index (Phi) is 2.85. The van der Waals surface area contributed by atoms with Crippen LogP contribution in [0.5, 0.6) is 0 Å². The lowest BCUT2D eigenvalue weighted by Crippen LogP contribution is -2.61. The first-order valence-electron chi connectivity index (χ1n) is 5.59. The quantitative estimate of drug-likeness (QED) is 0.626. The Balaban J connectivity index is 1.84. The zero-order valence-corrected chi connectivity index (χ0v) is 9.03. The van der Waals surface area contributed by atoms with Crippen LogP contribution >= 0.6 is 0 Å². The van der Waals surface area contributed by atoms with Gasteiger partial charge in [0, 0.05) is 6.04 Å².